The maximum absolute atomic E-state index is 11.9. The molecule has 7 heteroatoms. The Hall–Kier alpha value is -2.28. The third-order valence-electron chi connectivity index (χ3n) is 4.52. The van der Waals surface area contributed by atoms with Gasteiger partial charge in [0.15, 0.2) is 5.82 Å². The summed E-state index contributed by atoms with van der Waals surface area (Å²) in [5, 5.41) is 2.91. The highest BCUT2D eigenvalue weighted by molar-refractivity contribution is 5.75. The van der Waals surface area contributed by atoms with Gasteiger partial charge in [-0.25, -0.2) is 15.0 Å². The molecule has 0 aliphatic carbocycles. The van der Waals surface area contributed by atoms with Crippen LogP contribution in [0.5, 0.6) is 0 Å². The molecule has 0 bridgehead atoms. The van der Waals surface area contributed by atoms with Gasteiger partial charge in [0.2, 0.25) is 5.91 Å². The molecule has 0 spiro atoms. The number of nitrogens with one attached hydrogen (secondary N) is 1. The molecule has 1 amide bonds. The van der Waals surface area contributed by atoms with Gasteiger partial charge >= 0.3 is 0 Å². The summed E-state index contributed by atoms with van der Waals surface area (Å²) in [4.78, 5) is 24.8. The third kappa shape index (κ3) is 4.85. The molecule has 1 N–H and O–H groups in total. The number of ether oxygens (including phenoxy) is 1. The Labute approximate surface area is 147 Å². The largest absolute Gasteiger partial charge is 0.367 e. The standard InChI is InChI=1S/C18H25N5O2/c1-18(6-2-3-10-25-18)17-21-12-15(13-22-17)11-20-16(24)5-4-8-23-9-7-19-14-23/h7,9,12-14H,2-6,8,10-11H2,1H3,(H,20,24)/t18-/m0/s1. The fourth-order valence-electron chi connectivity index (χ4n) is 2.96. The number of hydrogen-bond donors (Lipinski definition) is 1. The Morgan fingerprint density at radius 3 is 2.88 bits per heavy atom. The topological polar surface area (TPSA) is 81.9 Å². The number of rotatable bonds is 7. The molecular formula is C18H25N5O2. The van der Waals surface area contributed by atoms with Crippen LogP contribution in [0.4, 0.5) is 0 Å². The number of aryl methyl sites for hydroxylation is 1. The van der Waals surface area contributed by atoms with E-state index in [4.69, 9.17) is 4.74 Å². The molecule has 7 nitrogen and oxygen atoms in total. The summed E-state index contributed by atoms with van der Waals surface area (Å²) < 4.78 is 7.83. The molecular weight excluding hydrogens is 318 g/mol. The summed E-state index contributed by atoms with van der Waals surface area (Å²) in [5.74, 6) is 0.759. The Morgan fingerprint density at radius 1 is 1.36 bits per heavy atom. The molecule has 1 aliphatic rings. The van der Waals surface area contributed by atoms with Crippen LogP contribution in [0.15, 0.2) is 31.1 Å². The lowest BCUT2D eigenvalue weighted by atomic mass is 9.95. The molecule has 2 aromatic heterocycles. The quantitative estimate of drug-likeness (QED) is 0.833. The molecule has 0 radical (unpaired) electrons. The van der Waals surface area contributed by atoms with Crippen LogP contribution < -0.4 is 5.32 Å². The van der Waals surface area contributed by atoms with Gasteiger partial charge in [-0.05, 0) is 32.6 Å². The van der Waals surface area contributed by atoms with Crippen molar-refractivity contribution in [3.05, 3.63) is 42.5 Å². The SMILES string of the molecule is C[C@@]1(c2ncc(CNC(=O)CCCn3ccnc3)cn2)CCCCO1. The summed E-state index contributed by atoms with van der Waals surface area (Å²) in [5.41, 5.74) is 0.513. The Balaban J connectivity index is 1.42. The van der Waals surface area contributed by atoms with Crippen molar-refractivity contribution in [1.29, 1.82) is 0 Å². The van der Waals surface area contributed by atoms with E-state index in [1.54, 1.807) is 24.9 Å². The number of hydrogen-bond acceptors (Lipinski definition) is 5. The highest BCUT2D eigenvalue weighted by Crippen LogP contribution is 2.32. The average Bonchev–Trinajstić information content (AvgIpc) is 3.14. The molecule has 1 fully saturated rings. The Kier molecular flexibility index (Phi) is 5.75. The normalized spacial score (nSPS) is 20.4. The number of nitrogens with zero attached hydrogens (tertiary/aromatic N) is 4. The van der Waals surface area contributed by atoms with E-state index in [2.05, 4.69) is 20.3 Å². The summed E-state index contributed by atoms with van der Waals surface area (Å²) in [7, 11) is 0. The first-order valence-electron chi connectivity index (χ1n) is 8.83. The van der Waals surface area contributed by atoms with Gasteiger partial charge in [-0.15, -0.1) is 0 Å². The van der Waals surface area contributed by atoms with Crippen molar-refractivity contribution in [3.63, 3.8) is 0 Å². The smallest absolute Gasteiger partial charge is 0.220 e. The second kappa shape index (κ2) is 8.20. The lowest BCUT2D eigenvalue weighted by Gasteiger charge is -2.32. The second-order valence-electron chi connectivity index (χ2n) is 6.63. The van der Waals surface area contributed by atoms with E-state index in [0.29, 0.717) is 13.0 Å². The third-order valence-corrected chi connectivity index (χ3v) is 4.52. The van der Waals surface area contributed by atoms with Crippen molar-refractivity contribution in [2.75, 3.05) is 6.61 Å². The Morgan fingerprint density at radius 2 is 2.20 bits per heavy atom. The molecule has 3 heterocycles. The van der Waals surface area contributed by atoms with Crippen LogP contribution in [0.3, 0.4) is 0 Å². The van der Waals surface area contributed by atoms with Crippen molar-refractivity contribution in [2.24, 2.45) is 0 Å². The van der Waals surface area contributed by atoms with Gasteiger partial charge < -0.3 is 14.6 Å². The highest BCUT2D eigenvalue weighted by Gasteiger charge is 2.32. The molecule has 0 unspecified atom stereocenters. The van der Waals surface area contributed by atoms with Crippen LogP contribution in [0.25, 0.3) is 0 Å². The minimum absolute atomic E-state index is 0.0340. The van der Waals surface area contributed by atoms with E-state index in [1.807, 2.05) is 17.7 Å². The van der Waals surface area contributed by atoms with Crippen molar-refractivity contribution in [1.82, 2.24) is 24.8 Å². The monoisotopic (exact) mass is 343 g/mol. The molecule has 3 rings (SSSR count). The van der Waals surface area contributed by atoms with Gasteiger partial charge in [-0.1, -0.05) is 0 Å². The predicted octanol–water partition coefficient (Wildman–Crippen LogP) is 2.19. The van der Waals surface area contributed by atoms with E-state index in [1.165, 1.54) is 0 Å². The van der Waals surface area contributed by atoms with Crippen LogP contribution >= 0.6 is 0 Å². The number of imidazole rings is 1. The molecule has 134 valence electrons. The van der Waals surface area contributed by atoms with Crippen LogP contribution in [0.1, 0.15) is 50.4 Å². The van der Waals surface area contributed by atoms with Crippen molar-refractivity contribution in [3.8, 4) is 0 Å². The molecule has 1 aliphatic heterocycles. The summed E-state index contributed by atoms with van der Waals surface area (Å²) in [6.07, 6.45) is 13.4. The number of amides is 1. The average molecular weight is 343 g/mol. The number of aromatic nitrogens is 4. The lowest BCUT2D eigenvalue weighted by molar-refractivity contribution is -0.121. The molecule has 2 aromatic rings. The van der Waals surface area contributed by atoms with E-state index in [-0.39, 0.29) is 11.5 Å². The van der Waals surface area contributed by atoms with Crippen molar-refractivity contribution >= 4 is 5.91 Å². The van der Waals surface area contributed by atoms with Gasteiger partial charge in [0.05, 0.1) is 6.33 Å². The molecule has 1 atom stereocenters. The molecule has 0 saturated carbocycles. The van der Waals surface area contributed by atoms with Crippen LogP contribution in [-0.4, -0.2) is 32.0 Å². The summed E-state index contributed by atoms with van der Waals surface area (Å²) in [6.45, 7) is 4.05. The fourth-order valence-corrected chi connectivity index (χ4v) is 2.96. The predicted molar refractivity (Wildman–Crippen MR) is 92.5 cm³/mol. The summed E-state index contributed by atoms with van der Waals surface area (Å²) >= 11 is 0. The molecule has 25 heavy (non-hydrogen) atoms. The van der Waals surface area contributed by atoms with Crippen molar-refractivity contribution in [2.45, 2.75) is 57.7 Å². The second-order valence-corrected chi connectivity index (χ2v) is 6.63. The lowest BCUT2D eigenvalue weighted by Crippen LogP contribution is -2.32. The minimum atomic E-state index is -0.382. The van der Waals surface area contributed by atoms with Crippen LogP contribution in [0, 0.1) is 0 Å². The zero-order valence-electron chi connectivity index (χ0n) is 14.6. The van der Waals surface area contributed by atoms with Crippen molar-refractivity contribution < 1.29 is 9.53 Å². The van der Waals surface area contributed by atoms with E-state index < -0.39 is 0 Å². The van der Waals surface area contributed by atoms with Gasteiger partial charge in [0.1, 0.15) is 5.60 Å². The van der Waals surface area contributed by atoms with E-state index in [9.17, 15) is 4.79 Å². The first-order chi connectivity index (χ1) is 12.2. The molecule has 1 saturated heterocycles. The van der Waals surface area contributed by atoms with Crippen LogP contribution in [-0.2, 0) is 28.2 Å². The maximum atomic E-state index is 11.9. The number of carbonyl (C=O) groups excluding carboxylic acids is 1. The molecule has 0 aromatic carbocycles. The first kappa shape index (κ1) is 17.5. The first-order valence-corrected chi connectivity index (χ1v) is 8.83. The van der Waals surface area contributed by atoms with E-state index in [0.717, 1.165) is 50.2 Å². The minimum Gasteiger partial charge on any atom is -0.367 e. The van der Waals surface area contributed by atoms with E-state index >= 15 is 0 Å². The van der Waals surface area contributed by atoms with Crippen LogP contribution in [0.2, 0.25) is 0 Å². The van der Waals surface area contributed by atoms with Gasteiger partial charge in [-0.2, -0.15) is 0 Å². The highest BCUT2D eigenvalue weighted by atomic mass is 16.5. The van der Waals surface area contributed by atoms with Gasteiger partial charge in [0.25, 0.3) is 0 Å². The Bertz CT molecular complexity index is 663. The zero-order chi connectivity index (χ0) is 17.5. The fraction of sp³-hybridized carbons (Fsp3) is 0.556. The number of carbonyl (C=O) groups is 1. The zero-order valence-corrected chi connectivity index (χ0v) is 14.6. The maximum Gasteiger partial charge on any atom is 0.220 e. The van der Waals surface area contributed by atoms with Gasteiger partial charge in [0, 0.05) is 56.5 Å². The van der Waals surface area contributed by atoms with Gasteiger partial charge in [-0.3, -0.25) is 4.79 Å². The summed E-state index contributed by atoms with van der Waals surface area (Å²) in [6, 6.07) is 0.